The number of benzene rings is 2. The summed E-state index contributed by atoms with van der Waals surface area (Å²) in [4.78, 5) is 12.1. The summed E-state index contributed by atoms with van der Waals surface area (Å²) in [5.74, 6) is 0.114. The van der Waals surface area contributed by atoms with Crippen molar-refractivity contribution >= 4 is 29.1 Å². The van der Waals surface area contributed by atoms with E-state index in [1.165, 1.54) is 10.8 Å². The van der Waals surface area contributed by atoms with E-state index in [1.807, 2.05) is 19.1 Å². The van der Waals surface area contributed by atoms with E-state index < -0.39 is 0 Å². The van der Waals surface area contributed by atoms with Crippen molar-refractivity contribution in [3.8, 4) is 0 Å². The number of amides is 1. The van der Waals surface area contributed by atoms with Gasteiger partial charge in [-0.3, -0.25) is 4.79 Å². The summed E-state index contributed by atoms with van der Waals surface area (Å²) in [5.41, 5.74) is 1.15. The van der Waals surface area contributed by atoms with E-state index in [2.05, 4.69) is 41.0 Å². The van der Waals surface area contributed by atoms with Gasteiger partial charge in [0, 0.05) is 0 Å². The molecule has 3 nitrogen and oxygen atoms in total. The van der Waals surface area contributed by atoms with Gasteiger partial charge in [-0.1, -0.05) is 36.4 Å². The Labute approximate surface area is 131 Å². The van der Waals surface area contributed by atoms with E-state index in [-0.39, 0.29) is 30.4 Å². The second-order valence-corrected chi connectivity index (χ2v) is 5.49. The minimum atomic E-state index is -0.0158. The van der Waals surface area contributed by atoms with Crippen LogP contribution in [0.5, 0.6) is 0 Å². The van der Waals surface area contributed by atoms with E-state index in [0.29, 0.717) is 0 Å². The lowest BCUT2D eigenvalue weighted by atomic mass is 10.0. The van der Waals surface area contributed by atoms with Crippen molar-refractivity contribution in [2.24, 2.45) is 0 Å². The van der Waals surface area contributed by atoms with Gasteiger partial charge in [-0.25, -0.2) is 0 Å². The zero-order chi connectivity index (χ0) is 13.9. The highest BCUT2D eigenvalue weighted by atomic mass is 35.5. The molecular weight excluding hydrogens is 284 g/mol. The SMILES string of the molecule is CC(NC(=O)C1CCCN1)c1ccc2ccccc2c1.Cl. The normalized spacial score (nSPS) is 19.0. The fourth-order valence-electron chi connectivity index (χ4n) is 2.78. The van der Waals surface area contributed by atoms with Crippen LogP contribution in [0.15, 0.2) is 42.5 Å². The van der Waals surface area contributed by atoms with Crippen LogP contribution in [0, 0.1) is 0 Å². The van der Waals surface area contributed by atoms with E-state index in [4.69, 9.17) is 0 Å². The number of nitrogens with one attached hydrogen (secondary N) is 2. The van der Waals surface area contributed by atoms with E-state index in [0.717, 1.165) is 24.9 Å². The first-order chi connectivity index (χ1) is 9.74. The Morgan fingerprint density at radius 1 is 1.24 bits per heavy atom. The molecule has 3 rings (SSSR count). The molecule has 1 saturated heterocycles. The standard InChI is InChI=1S/C17H20N2O.ClH/c1-12(19-17(20)16-7-4-10-18-16)14-9-8-13-5-2-3-6-15(13)11-14;/h2-3,5-6,8-9,11-12,16,18H,4,7,10H2,1H3,(H,19,20);1H. The first-order valence-electron chi connectivity index (χ1n) is 7.26. The molecule has 21 heavy (non-hydrogen) atoms. The number of halogens is 1. The lowest BCUT2D eigenvalue weighted by molar-refractivity contribution is -0.123. The van der Waals surface area contributed by atoms with Crippen LogP contribution in [0.3, 0.4) is 0 Å². The lowest BCUT2D eigenvalue weighted by Crippen LogP contribution is -2.41. The highest BCUT2D eigenvalue weighted by Gasteiger charge is 2.23. The summed E-state index contributed by atoms with van der Waals surface area (Å²) in [6.07, 6.45) is 2.03. The molecule has 1 heterocycles. The molecule has 0 aliphatic carbocycles. The third kappa shape index (κ3) is 3.55. The van der Waals surface area contributed by atoms with Crippen molar-refractivity contribution in [2.75, 3.05) is 6.54 Å². The Morgan fingerprint density at radius 2 is 2.00 bits per heavy atom. The van der Waals surface area contributed by atoms with Crippen LogP contribution in [0.25, 0.3) is 10.8 Å². The van der Waals surface area contributed by atoms with Crippen molar-refractivity contribution in [1.29, 1.82) is 0 Å². The van der Waals surface area contributed by atoms with Crippen molar-refractivity contribution < 1.29 is 4.79 Å². The fraction of sp³-hybridized carbons (Fsp3) is 0.353. The Morgan fingerprint density at radius 3 is 2.71 bits per heavy atom. The minimum absolute atomic E-state index is 0. The molecule has 0 spiro atoms. The first-order valence-corrected chi connectivity index (χ1v) is 7.26. The quantitative estimate of drug-likeness (QED) is 0.914. The summed E-state index contributed by atoms with van der Waals surface area (Å²) < 4.78 is 0. The maximum atomic E-state index is 12.1. The number of fused-ring (bicyclic) bond motifs is 1. The fourth-order valence-corrected chi connectivity index (χ4v) is 2.78. The van der Waals surface area contributed by atoms with Gasteiger partial charge in [-0.2, -0.15) is 0 Å². The van der Waals surface area contributed by atoms with Crippen LogP contribution in [-0.2, 0) is 4.79 Å². The number of carbonyl (C=O) groups is 1. The molecule has 4 heteroatoms. The minimum Gasteiger partial charge on any atom is -0.348 e. The van der Waals surface area contributed by atoms with Gasteiger partial charge in [0.25, 0.3) is 0 Å². The summed E-state index contributed by atoms with van der Waals surface area (Å²) in [7, 11) is 0. The third-order valence-corrected chi connectivity index (χ3v) is 4.01. The van der Waals surface area contributed by atoms with Gasteiger partial charge < -0.3 is 10.6 Å². The average molecular weight is 305 g/mol. The Hall–Kier alpha value is -1.58. The molecule has 0 aromatic heterocycles. The predicted molar refractivity (Wildman–Crippen MR) is 88.8 cm³/mol. The molecule has 2 aromatic carbocycles. The van der Waals surface area contributed by atoms with Gasteiger partial charge >= 0.3 is 0 Å². The average Bonchev–Trinajstić information content (AvgIpc) is 3.01. The van der Waals surface area contributed by atoms with Crippen LogP contribution >= 0.6 is 12.4 Å². The topological polar surface area (TPSA) is 41.1 Å². The Bertz CT molecular complexity index is 623. The molecule has 112 valence electrons. The smallest absolute Gasteiger partial charge is 0.237 e. The van der Waals surface area contributed by atoms with Gasteiger partial charge in [0.2, 0.25) is 5.91 Å². The van der Waals surface area contributed by atoms with Gasteiger partial charge in [-0.15, -0.1) is 12.4 Å². The molecule has 1 aliphatic heterocycles. The summed E-state index contributed by atoms with van der Waals surface area (Å²) in [5, 5.41) is 8.77. The van der Waals surface area contributed by atoms with Crippen molar-refractivity contribution in [1.82, 2.24) is 10.6 Å². The van der Waals surface area contributed by atoms with Crippen LogP contribution in [0.2, 0.25) is 0 Å². The molecule has 2 aromatic rings. The zero-order valence-electron chi connectivity index (χ0n) is 12.1. The van der Waals surface area contributed by atoms with Gasteiger partial charge in [-0.05, 0) is 48.7 Å². The van der Waals surface area contributed by atoms with Crippen LogP contribution in [0.1, 0.15) is 31.4 Å². The number of rotatable bonds is 3. The molecule has 2 N–H and O–H groups in total. The third-order valence-electron chi connectivity index (χ3n) is 4.01. The van der Waals surface area contributed by atoms with Crippen LogP contribution in [0.4, 0.5) is 0 Å². The predicted octanol–water partition coefficient (Wildman–Crippen LogP) is 3.19. The number of carbonyl (C=O) groups excluding carboxylic acids is 1. The molecular formula is C17H21ClN2O. The highest BCUT2D eigenvalue weighted by Crippen LogP contribution is 2.20. The molecule has 0 saturated carbocycles. The van der Waals surface area contributed by atoms with Crippen LogP contribution in [-0.4, -0.2) is 18.5 Å². The highest BCUT2D eigenvalue weighted by molar-refractivity contribution is 5.85. The number of hydrogen-bond donors (Lipinski definition) is 2. The molecule has 1 aliphatic rings. The van der Waals surface area contributed by atoms with Crippen LogP contribution < -0.4 is 10.6 Å². The van der Waals surface area contributed by atoms with Crippen molar-refractivity contribution in [3.05, 3.63) is 48.0 Å². The zero-order valence-corrected chi connectivity index (χ0v) is 13.0. The van der Waals surface area contributed by atoms with Gasteiger partial charge in [0.05, 0.1) is 12.1 Å². The first kappa shape index (κ1) is 15.8. The van der Waals surface area contributed by atoms with Crippen molar-refractivity contribution in [3.63, 3.8) is 0 Å². The summed E-state index contributed by atoms with van der Waals surface area (Å²) >= 11 is 0. The van der Waals surface area contributed by atoms with E-state index >= 15 is 0 Å². The number of hydrogen-bond acceptors (Lipinski definition) is 2. The molecule has 2 atom stereocenters. The lowest BCUT2D eigenvalue weighted by Gasteiger charge is -2.18. The molecule has 0 radical (unpaired) electrons. The van der Waals surface area contributed by atoms with Gasteiger partial charge in [0.15, 0.2) is 0 Å². The Kier molecular flexibility index (Phi) is 5.21. The second kappa shape index (κ2) is 6.92. The summed E-state index contributed by atoms with van der Waals surface area (Å²) in [6.45, 7) is 2.99. The summed E-state index contributed by atoms with van der Waals surface area (Å²) in [6, 6.07) is 14.7. The molecule has 1 fully saturated rings. The van der Waals surface area contributed by atoms with E-state index in [1.54, 1.807) is 0 Å². The largest absolute Gasteiger partial charge is 0.348 e. The molecule has 2 unspecified atom stereocenters. The monoisotopic (exact) mass is 304 g/mol. The molecule has 0 bridgehead atoms. The maximum Gasteiger partial charge on any atom is 0.237 e. The maximum absolute atomic E-state index is 12.1. The Balaban J connectivity index is 0.00000161. The molecule has 1 amide bonds. The van der Waals surface area contributed by atoms with E-state index in [9.17, 15) is 4.79 Å². The van der Waals surface area contributed by atoms with Gasteiger partial charge in [0.1, 0.15) is 0 Å². The second-order valence-electron chi connectivity index (χ2n) is 5.49. The van der Waals surface area contributed by atoms with Crippen molar-refractivity contribution in [2.45, 2.75) is 31.8 Å².